The highest BCUT2D eigenvalue weighted by molar-refractivity contribution is 5.19. The zero-order valence-electron chi connectivity index (χ0n) is 11.3. The van der Waals surface area contributed by atoms with E-state index in [0.717, 1.165) is 6.42 Å². The maximum absolute atomic E-state index is 5.73. The van der Waals surface area contributed by atoms with Crippen molar-refractivity contribution >= 4 is 5.95 Å². The number of hydrogen-bond acceptors (Lipinski definition) is 5. The molecule has 1 unspecified atom stereocenters. The second-order valence-electron chi connectivity index (χ2n) is 4.98. The molecule has 5 nitrogen and oxygen atoms in total. The third-order valence-electron chi connectivity index (χ3n) is 2.37. The molecule has 0 fully saturated rings. The first-order valence-electron chi connectivity index (χ1n) is 6.02. The number of nitrogens with two attached hydrogens (primary N) is 1. The quantitative estimate of drug-likeness (QED) is 0.870. The van der Waals surface area contributed by atoms with Crippen LogP contribution in [0.2, 0.25) is 0 Å². The van der Waals surface area contributed by atoms with Gasteiger partial charge in [-0.25, -0.2) is 4.98 Å². The van der Waals surface area contributed by atoms with Crippen molar-refractivity contribution in [3.63, 3.8) is 0 Å². The molecule has 0 aliphatic heterocycles. The molecule has 0 aliphatic carbocycles. The van der Waals surface area contributed by atoms with Crippen LogP contribution in [-0.4, -0.2) is 21.6 Å². The summed E-state index contributed by atoms with van der Waals surface area (Å²) in [7, 11) is 0. The maximum Gasteiger partial charge on any atom is 0.223 e. The molecule has 1 rings (SSSR count). The standard InChI is InChI=1S/C12H22N4O/c1-6-8(17-7-2)9-14-10(12(3,4)5)16-11(13)15-9/h8H,6-7H2,1-5H3,(H2,13,14,15,16). The van der Waals surface area contributed by atoms with E-state index in [1.807, 2.05) is 34.6 Å². The van der Waals surface area contributed by atoms with E-state index in [0.29, 0.717) is 18.3 Å². The average molecular weight is 238 g/mol. The number of nitrogen functional groups attached to an aromatic ring is 1. The Morgan fingerprint density at radius 3 is 2.29 bits per heavy atom. The van der Waals surface area contributed by atoms with Crippen LogP contribution < -0.4 is 5.73 Å². The summed E-state index contributed by atoms with van der Waals surface area (Å²) in [6.07, 6.45) is 0.715. The van der Waals surface area contributed by atoms with Gasteiger partial charge in [-0.3, -0.25) is 0 Å². The van der Waals surface area contributed by atoms with E-state index in [2.05, 4.69) is 15.0 Å². The van der Waals surface area contributed by atoms with Gasteiger partial charge < -0.3 is 10.5 Å². The Morgan fingerprint density at radius 1 is 1.18 bits per heavy atom. The third-order valence-corrected chi connectivity index (χ3v) is 2.37. The summed E-state index contributed by atoms with van der Waals surface area (Å²) >= 11 is 0. The van der Waals surface area contributed by atoms with Crippen LogP contribution in [0.4, 0.5) is 5.95 Å². The Labute approximate surface area is 103 Å². The van der Waals surface area contributed by atoms with Crippen molar-refractivity contribution in [3.05, 3.63) is 11.6 Å². The van der Waals surface area contributed by atoms with E-state index < -0.39 is 0 Å². The minimum absolute atomic E-state index is 0.105. The Bertz CT molecular complexity index is 373. The van der Waals surface area contributed by atoms with Gasteiger partial charge in [-0.05, 0) is 13.3 Å². The Kier molecular flexibility index (Phi) is 4.40. The van der Waals surface area contributed by atoms with Crippen molar-refractivity contribution in [3.8, 4) is 0 Å². The second kappa shape index (κ2) is 5.40. The molecule has 2 N–H and O–H groups in total. The lowest BCUT2D eigenvalue weighted by Crippen LogP contribution is -2.21. The van der Waals surface area contributed by atoms with Gasteiger partial charge in [0, 0.05) is 12.0 Å². The number of anilines is 1. The number of ether oxygens (including phenoxy) is 1. The van der Waals surface area contributed by atoms with Gasteiger partial charge in [0.05, 0.1) is 0 Å². The van der Waals surface area contributed by atoms with Crippen LogP contribution in [0.5, 0.6) is 0 Å². The van der Waals surface area contributed by atoms with Crippen LogP contribution in [0.3, 0.4) is 0 Å². The number of hydrogen-bond donors (Lipinski definition) is 1. The summed E-state index contributed by atoms with van der Waals surface area (Å²) in [5.41, 5.74) is 5.58. The number of aromatic nitrogens is 3. The largest absolute Gasteiger partial charge is 0.371 e. The Morgan fingerprint density at radius 2 is 1.82 bits per heavy atom. The number of nitrogens with zero attached hydrogens (tertiary/aromatic N) is 3. The summed E-state index contributed by atoms with van der Waals surface area (Å²) in [4.78, 5) is 12.8. The molecule has 0 aliphatic rings. The molecule has 0 saturated heterocycles. The lowest BCUT2D eigenvalue weighted by molar-refractivity contribution is 0.0531. The zero-order valence-corrected chi connectivity index (χ0v) is 11.3. The van der Waals surface area contributed by atoms with Crippen LogP contribution >= 0.6 is 0 Å². The predicted molar refractivity (Wildman–Crippen MR) is 67.6 cm³/mol. The van der Waals surface area contributed by atoms with Crippen LogP contribution in [0, 0.1) is 0 Å². The topological polar surface area (TPSA) is 73.9 Å². The first-order chi connectivity index (χ1) is 7.88. The minimum atomic E-state index is -0.143. The highest BCUT2D eigenvalue weighted by Crippen LogP contribution is 2.22. The van der Waals surface area contributed by atoms with E-state index in [9.17, 15) is 0 Å². The smallest absolute Gasteiger partial charge is 0.223 e. The van der Waals surface area contributed by atoms with Gasteiger partial charge in [-0.15, -0.1) is 0 Å². The fraction of sp³-hybridized carbons (Fsp3) is 0.750. The van der Waals surface area contributed by atoms with Crippen LogP contribution in [0.1, 0.15) is 58.8 Å². The highest BCUT2D eigenvalue weighted by atomic mass is 16.5. The minimum Gasteiger partial charge on any atom is -0.371 e. The van der Waals surface area contributed by atoms with E-state index in [-0.39, 0.29) is 17.5 Å². The third kappa shape index (κ3) is 3.63. The first kappa shape index (κ1) is 13.8. The van der Waals surface area contributed by atoms with Gasteiger partial charge in [-0.1, -0.05) is 27.7 Å². The molecule has 17 heavy (non-hydrogen) atoms. The fourth-order valence-corrected chi connectivity index (χ4v) is 1.46. The molecule has 0 amide bonds. The highest BCUT2D eigenvalue weighted by Gasteiger charge is 2.22. The molecule has 0 bridgehead atoms. The van der Waals surface area contributed by atoms with E-state index in [4.69, 9.17) is 10.5 Å². The van der Waals surface area contributed by atoms with E-state index >= 15 is 0 Å². The lowest BCUT2D eigenvalue weighted by atomic mass is 9.96. The van der Waals surface area contributed by atoms with Crippen molar-refractivity contribution < 1.29 is 4.74 Å². The molecule has 5 heteroatoms. The molecular formula is C12H22N4O. The SMILES string of the molecule is CCOC(CC)c1nc(N)nc(C(C)(C)C)n1. The van der Waals surface area contributed by atoms with Gasteiger partial charge >= 0.3 is 0 Å². The van der Waals surface area contributed by atoms with Crippen LogP contribution in [0.25, 0.3) is 0 Å². The zero-order chi connectivity index (χ0) is 13.1. The molecule has 1 aromatic rings. The summed E-state index contributed by atoms with van der Waals surface area (Å²) in [6.45, 7) is 10.8. The fourth-order valence-electron chi connectivity index (χ4n) is 1.46. The van der Waals surface area contributed by atoms with Gasteiger partial charge in [-0.2, -0.15) is 9.97 Å². The molecule has 0 aromatic carbocycles. The predicted octanol–water partition coefficient (Wildman–Crippen LogP) is 2.24. The molecule has 0 radical (unpaired) electrons. The van der Waals surface area contributed by atoms with Crippen LogP contribution in [-0.2, 0) is 10.2 Å². The summed E-state index contributed by atoms with van der Waals surface area (Å²) in [5.74, 6) is 1.60. The van der Waals surface area contributed by atoms with Crippen LogP contribution in [0.15, 0.2) is 0 Å². The van der Waals surface area contributed by atoms with Crippen molar-refractivity contribution in [1.29, 1.82) is 0 Å². The first-order valence-corrected chi connectivity index (χ1v) is 6.02. The number of rotatable bonds is 4. The molecular weight excluding hydrogens is 216 g/mol. The van der Waals surface area contributed by atoms with Crippen molar-refractivity contribution in [2.45, 2.75) is 52.6 Å². The molecule has 96 valence electrons. The van der Waals surface area contributed by atoms with Crippen molar-refractivity contribution in [1.82, 2.24) is 15.0 Å². The van der Waals surface area contributed by atoms with Gasteiger partial charge in [0.15, 0.2) is 5.82 Å². The summed E-state index contributed by atoms with van der Waals surface area (Å²) in [5, 5.41) is 0. The molecule has 1 aromatic heterocycles. The van der Waals surface area contributed by atoms with Gasteiger partial charge in [0.2, 0.25) is 5.95 Å². The van der Waals surface area contributed by atoms with Gasteiger partial charge in [0.1, 0.15) is 11.9 Å². The Balaban J connectivity index is 3.12. The summed E-state index contributed by atoms with van der Waals surface area (Å²) in [6, 6.07) is 0. The summed E-state index contributed by atoms with van der Waals surface area (Å²) < 4.78 is 5.59. The van der Waals surface area contributed by atoms with Crippen molar-refractivity contribution in [2.24, 2.45) is 0 Å². The molecule has 0 spiro atoms. The normalized spacial score (nSPS) is 13.7. The molecule has 0 saturated carbocycles. The van der Waals surface area contributed by atoms with Gasteiger partial charge in [0.25, 0.3) is 0 Å². The lowest BCUT2D eigenvalue weighted by Gasteiger charge is -2.19. The molecule has 1 heterocycles. The Hall–Kier alpha value is -1.23. The van der Waals surface area contributed by atoms with E-state index in [1.165, 1.54) is 0 Å². The van der Waals surface area contributed by atoms with E-state index in [1.54, 1.807) is 0 Å². The molecule has 1 atom stereocenters. The van der Waals surface area contributed by atoms with Crippen molar-refractivity contribution in [2.75, 3.05) is 12.3 Å². The second-order valence-corrected chi connectivity index (χ2v) is 4.98. The average Bonchev–Trinajstić information content (AvgIpc) is 2.23. The maximum atomic E-state index is 5.73. The monoisotopic (exact) mass is 238 g/mol.